The number of aromatic nitrogens is 2. The zero-order valence-corrected chi connectivity index (χ0v) is 17.7. The van der Waals surface area contributed by atoms with E-state index in [1.807, 2.05) is 50.2 Å². The highest BCUT2D eigenvalue weighted by atomic mass is 35.5. The lowest BCUT2D eigenvalue weighted by Crippen LogP contribution is -2.27. The summed E-state index contributed by atoms with van der Waals surface area (Å²) in [6.07, 6.45) is -0.160. The zero-order chi connectivity index (χ0) is 21.8. The van der Waals surface area contributed by atoms with Crippen LogP contribution in [-0.2, 0) is 4.79 Å². The number of carbonyl (C=O) groups excluding carboxylic acids is 1. The number of hydrogen-bond acceptors (Lipinski definition) is 4. The molecule has 1 amide bonds. The summed E-state index contributed by atoms with van der Waals surface area (Å²) in [6, 6.07) is 12.9. The third-order valence-corrected chi connectivity index (χ3v) is 4.95. The lowest BCUT2D eigenvalue weighted by Gasteiger charge is -2.12. The van der Waals surface area contributed by atoms with Crippen molar-refractivity contribution in [1.29, 1.82) is 0 Å². The molecule has 0 aliphatic heterocycles. The van der Waals surface area contributed by atoms with Crippen LogP contribution in [-0.4, -0.2) is 40.4 Å². The SMILES string of the molecule is COc1ccc(-c2c(C)c(C(=O)NCCC(=O)O)nn2-c2ccc(Cl)cc2C)cc1. The molecule has 0 fully saturated rings. The van der Waals surface area contributed by atoms with E-state index in [2.05, 4.69) is 10.4 Å². The highest BCUT2D eigenvalue weighted by Crippen LogP contribution is 2.31. The smallest absolute Gasteiger partial charge is 0.305 e. The molecule has 1 aromatic heterocycles. The molecule has 0 aliphatic carbocycles. The number of benzene rings is 2. The van der Waals surface area contributed by atoms with Gasteiger partial charge >= 0.3 is 5.97 Å². The molecule has 1 heterocycles. The van der Waals surface area contributed by atoms with Crippen molar-refractivity contribution >= 4 is 23.5 Å². The second kappa shape index (κ2) is 9.00. The summed E-state index contributed by atoms with van der Waals surface area (Å²) in [5.41, 5.74) is 4.23. The number of carboxylic acids is 1. The van der Waals surface area contributed by atoms with Gasteiger partial charge in [-0.25, -0.2) is 4.68 Å². The predicted molar refractivity (Wildman–Crippen MR) is 115 cm³/mol. The van der Waals surface area contributed by atoms with E-state index in [0.29, 0.717) is 10.6 Å². The van der Waals surface area contributed by atoms with Crippen molar-refractivity contribution in [3.63, 3.8) is 0 Å². The number of nitrogens with one attached hydrogen (secondary N) is 1. The number of nitrogens with zero attached hydrogens (tertiary/aromatic N) is 2. The molecular weight excluding hydrogens is 406 g/mol. The fourth-order valence-electron chi connectivity index (χ4n) is 3.20. The second-order valence-electron chi connectivity index (χ2n) is 6.79. The van der Waals surface area contributed by atoms with Crippen LogP contribution >= 0.6 is 11.6 Å². The van der Waals surface area contributed by atoms with Crippen LogP contribution in [0.5, 0.6) is 5.75 Å². The fraction of sp³-hybridized carbons (Fsp3) is 0.227. The molecule has 156 valence electrons. The van der Waals surface area contributed by atoms with Crippen LogP contribution in [0.25, 0.3) is 16.9 Å². The average Bonchev–Trinajstić information content (AvgIpc) is 3.04. The number of aliphatic carboxylic acids is 1. The molecule has 0 unspecified atom stereocenters. The van der Waals surface area contributed by atoms with Gasteiger partial charge in [-0.3, -0.25) is 9.59 Å². The minimum atomic E-state index is -0.978. The van der Waals surface area contributed by atoms with Crippen molar-refractivity contribution in [2.24, 2.45) is 0 Å². The molecule has 30 heavy (non-hydrogen) atoms. The van der Waals surface area contributed by atoms with Crippen molar-refractivity contribution in [3.05, 3.63) is 64.3 Å². The third-order valence-electron chi connectivity index (χ3n) is 4.71. The molecule has 0 saturated carbocycles. The van der Waals surface area contributed by atoms with Gasteiger partial charge in [0.1, 0.15) is 5.75 Å². The maximum Gasteiger partial charge on any atom is 0.305 e. The molecule has 2 N–H and O–H groups in total. The van der Waals surface area contributed by atoms with Crippen LogP contribution in [0, 0.1) is 13.8 Å². The minimum Gasteiger partial charge on any atom is -0.497 e. The summed E-state index contributed by atoms with van der Waals surface area (Å²) < 4.78 is 6.96. The van der Waals surface area contributed by atoms with Crippen molar-refractivity contribution < 1.29 is 19.4 Å². The number of hydrogen-bond donors (Lipinski definition) is 2. The van der Waals surface area contributed by atoms with Crippen LogP contribution < -0.4 is 10.1 Å². The van der Waals surface area contributed by atoms with Gasteiger partial charge in [-0.2, -0.15) is 5.10 Å². The topological polar surface area (TPSA) is 93.4 Å². The fourth-order valence-corrected chi connectivity index (χ4v) is 3.42. The molecule has 3 rings (SSSR count). The van der Waals surface area contributed by atoms with Gasteiger partial charge < -0.3 is 15.2 Å². The molecule has 0 spiro atoms. The highest BCUT2D eigenvalue weighted by Gasteiger charge is 2.23. The first-order chi connectivity index (χ1) is 14.3. The maximum atomic E-state index is 12.7. The van der Waals surface area contributed by atoms with Crippen LogP contribution in [0.4, 0.5) is 0 Å². The Morgan fingerprint density at radius 1 is 1.17 bits per heavy atom. The van der Waals surface area contributed by atoms with Crippen molar-refractivity contribution in [2.45, 2.75) is 20.3 Å². The third kappa shape index (κ3) is 4.46. The van der Waals surface area contributed by atoms with E-state index < -0.39 is 11.9 Å². The van der Waals surface area contributed by atoms with E-state index in [9.17, 15) is 9.59 Å². The summed E-state index contributed by atoms with van der Waals surface area (Å²) in [7, 11) is 1.60. The molecule has 2 aromatic carbocycles. The minimum absolute atomic E-state index is 0.0261. The van der Waals surface area contributed by atoms with Gasteiger partial charge in [-0.1, -0.05) is 11.6 Å². The van der Waals surface area contributed by atoms with Crippen molar-refractivity contribution in [1.82, 2.24) is 15.1 Å². The van der Waals surface area contributed by atoms with Gasteiger partial charge in [-0.15, -0.1) is 0 Å². The predicted octanol–water partition coefficient (Wildman–Crippen LogP) is 4.02. The normalized spacial score (nSPS) is 10.7. The number of carboxylic acid groups (broad SMARTS) is 1. The Bertz CT molecular complexity index is 1090. The number of aryl methyl sites for hydroxylation is 1. The molecule has 0 saturated heterocycles. The van der Waals surface area contributed by atoms with Crippen molar-refractivity contribution in [2.75, 3.05) is 13.7 Å². The highest BCUT2D eigenvalue weighted by molar-refractivity contribution is 6.30. The summed E-state index contributed by atoms with van der Waals surface area (Å²) in [5, 5.41) is 16.6. The molecule has 3 aromatic rings. The molecule has 0 atom stereocenters. The molecule has 0 bridgehead atoms. The number of halogens is 1. The van der Waals surface area contributed by atoms with Gasteiger partial charge in [0.05, 0.1) is 24.9 Å². The first-order valence-electron chi connectivity index (χ1n) is 9.32. The lowest BCUT2D eigenvalue weighted by atomic mass is 10.1. The summed E-state index contributed by atoms with van der Waals surface area (Å²) in [5.74, 6) is -0.682. The van der Waals surface area contributed by atoms with E-state index in [1.165, 1.54) is 0 Å². The molecule has 8 heteroatoms. The number of amides is 1. The standard InChI is InChI=1S/C22H22ClN3O4/c1-13-12-16(23)6-9-18(13)26-21(15-4-7-17(30-3)8-5-15)14(2)20(25-26)22(29)24-11-10-19(27)28/h4-9,12H,10-11H2,1-3H3,(H,24,29)(H,27,28). The Balaban J connectivity index is 2.11. The Morgan fingerprint density at radius 2 is 1.87 bits per heavy atom. The largest absolute Gasteiger partial charge is 0.497 e. The van der Waals surface area contributed by atoms with Gasteiger partial charge in [0.25, 0.3) is 5.91 Å². The Labute approximate surface area is 179 Å². The Morgan fingerprint density at radius 3 is 2.47 bits per heavy atom. The number of methoxy groups -OCH3 is 1. The number of ether oxygens (including phenoxy) is 1. The lowest BCUT2D eigenvalue weighted by molar-refractivity contribution is -0.136. The number of carbonyl (C=O) groups is 2. The van der Waals surface area contributed by atoms with E-state index in [4.69, 9.17) is 21.4 Å². The van der Waals surface area contributed by atoms with Crippen LogP contribution in [0.2, 0.25) is 5.02 Å². The van der Waals surface area contributed by atoms with E-state index in [-0.39, 0.29) is 18.7 Å². The maximum absolute atomic E-state index is 12.7. The van der Waals surface area contributed by atoms with Crippen LogP contribution in [0.1, 0.15) is 28.0 Å². The summed E-state index contributed by atoms with van der Waals surface area (Å²) in [6.45, 7) is 3.77. The van der Waals surface area contributed by atoms with Gasteiger partial charge in [0, 0.05) is 22.7 Å². The zero-order valence-electron chi connectivity index (χ0n) is 16.9. The first-order valence-corrected chi connectivity index (χ1v) is 9.70. The molecule has 7 nitrogen and oxygen atoms in total. The summed E-state index contributed by atoms with van der Waals surface area (Å²) in [4.78, 5) is 23.4. The second-order valence-corrected chi connectivity index (χ2v) is 7.23. The quantitative estimate of drug-likeness (QED) is 0.594. The van der Waals surface area contributed by atoms with Crippen molar-refractivity contribution in [3.8, 4) is 22.7 Å². The summed E-state index contributed by atoms with van der Waals surface area (Å²) >= 11 is 6.11. The van der Waals surface area contributed by atoms with Gasteiger partial charge in [0.2, 0.25) is 0 Å². The van der Waals surface area contributed by atoms with E-state index in [1.54, 1.807) is 17.9 Å². The van der Waals surface area contributed by atoms with Gasteiger partial charge in [0.15, 0.2) is 5.69 Å². The Hall–Kier alpha value is -3.32. The molecular formula is C22H22ClN3O4. The Kier molecular flexibility index (Phi) is 6.42. The first kappa shape index (κ1) is 21.4. The van der Waals surface area contributed by atoms with E-state index >= 15 is 0 Å². The van der Waals surface area contributed by atoms with E-state index in [0.717, 1.165) is 28.3 Å². The molecule has 0 aliphatic rings. The van der Waals surface area contributed by atoms with Gasteiger partial charge in [-0.05, 0) is 61.9 Å². The molecule has 0 radical (unpaired) electrons. The van der Waals surface area contributed by atoms with Crippen LogP contribution in [0.3, 0.4) is 0 Å². The average molecular weight is 428 g/mol. The van der Waals surface area contributed by atoms with Crippen LogP contribution in [0.15, 0.2) is 42.5 Å². The monoisotopic (exact) mass is 427 g/mol. The number of rotatable bonds is 7.